The number of benzene rings is 1. The molecule has 0 spiro atoms. The summed E-state index contributed by atoms with van der Waals surface area (Å²) in [5.74, 6) is -0.0959. The Kier molecular flexibility index (Phi) is 8.62. The zero-order valence-corrected chi connectivity index (χ0v) is 17.8. The number of thioether (sulfide) groups is 1. The van der Waals surface area contributed by atoms with Gasteiger partial charge in [0.1, 0.15) is 5.37 Å². The van der Waals surface area contributed by atoms with Gasteiger partial charge in [0, 0.05) is 6.42 Å². The molecule has 0 bridgehead atoms. The summed E-state index contributed by atoms with van der Waals surface area (Å²) in [6.07, 6.45) is 5.88. The highest BCUT2D eigenvalue weighted by molar-refractivity contribution is 8.02. The van der Waals surface area contributed by atoms with Crippen LogP contribution in [0.4, 0.5) is 0 Å². The van der Waals surface area contributed by atoms with Gasteiger partial charge in [0.05, 0.1) is 10.2 Å². The molecule has 0 saturated heterocycles. The first-order valence-electron chi connectivity index (χ1n) is 8.28. The fourth-order valence-corrected chi connectivity index (χ4v) is 4.98. The summed E-state index contributed by atoms with van der Waals surface area (Å²) in [6.45, 7) is 2.16. The minimum absolute atomic E-state index is 0.0959. The molecule has 1 heterocycles. The summed E-state index contributed by atoms with van der Waals surface area (Å²) in [7, 11) is 0. The average molecular weight is 440 g/mol. The molecular formula is C17H21Cl3N2OS2. The molecule has 1 N–H and O–H groups in total. The highest BCUT2D eigenvalue weighted by atomic mass is 35.6. The van der Waals surface area contributed by atoms with Gasteiger partial charge in [-0.25, -0.2) is 4.98 Å². The molecule has 138 valence electrons. The predicted molar refractivity (Wildman–Crippen MR) is 111 cm³/mol. The van der Waals surface area contributed by atoms with E-state index in [9.17, 15) is 4.79 Å². The van der Waals surface area contributed by atoms with Crippen molar-refractivity contribution in [1.29, 1.82) is 0 Å². The van der Waals surface area contributed by atoms with E-state index in [1.54, 1.807) is 0 Å². The van der Waals surface area contributed by atoms with Gasteiger partial charge in [-0.05, 0) is 18.6 Å². The van der Waals surface area contributed by atoms with Crippen LogP contribution in [0.3, 0.4) is 0 Å². The number of carbonyl (C=O) groups excluding carboxylic acids is 1. The highest BCUT2D eigenvalue weighted by Gasteiger charge is 2.35. The fourth-order valence-electron chi connectivity index (χ4n) is 2.29. The summed E-state index contributed by atoms with van der Waals surface area (Å²) in [5.41, 5.74) is 0.903. The van der Waals surface area contributed by atoms with Gasteiger partial charge in [-0.2, -0.15) is 0 Å². The Labute approximate surface area is 171 Å². The fraction of sp³-hybridized carbons (Fsp3) is 0.529. The van der Waals surface area contributed by atoms with Crippen LogP contribution in [-0.2, 0) is 4.79 Å². The Hall–Kier alpha value is -0.200. The summed E-state index contributed by atoms with van der Waals surface area (Å²) in [4.78, 5) is 16.7. The third kappa shape index (κ3) is 7.14. The van der Waals surface area contributed by atoms with Crippen LogP contribution < -0.4 is 5.32 Å². The first-order valence-corrected chi connectivity index (χ1v) is 11.1. The van der Waals surface area contributed by atoms with Crippen molar-refractivity contribution in [2.24, 2.45) is 0 Å². The summed E-state index contributed by atoms with van der Waals surface area (Å²) >= 11 is 21.0. The zero-order chi connectivity index (χ0) is 18.3. The second kappa shape index (κ2) is 10.2. The van der Waals surface area contributed by atoms with E-state index in [1.807, 2.05) is 24.3 Å². The van der Waals surface area contributed by atoms with Gasteiger partial charge in [0.25, 0.3) is 0 Å². The van der Waals surface area contributed by atoms with Crippen molar-refractivity contribution in [3.63, 3.8) is 0 Å². The minimum Gasteiger partial charge on any atom is -0.340 e. The van der Waals surface area contributed by atoms with E-state index in [4.69, 9.17) is 34.8 Å². The molecular weight excluding hydrogens is 419 g/mol. The molecule has 2 aromatic rings. The number of thiazole rings is 1. The molecule has 1 unspecified atom stereocenters. The molecule has 0 aliphatic heterocycles. The highest BCUT2D eigenvalue weighted by Crippen LogP contribution is 2.41. The molecule has 3 nitrogen and oxygen atoms in total. The van der Waals surface area contributed by atoms with Gasteiger partial charge < -0.3 is 5.32 Å². The molecule has 0 aliphatic rings. The Balaban J connectivity index is 1.93. The lowest BCUT2D eigenvalue weighted by Gasteiger charge is -2.24. The van der Waals surface area contributed by atoms with E-state index in [-0.39, 0.29) is 5.91 Å². The number of unbranched alkanes of at least 4 members (excludes halogenated alkanes) is 4. The van der Waals surface area contributed by atoms with Crippen molar-refractivity contribution >= 4 is 74.0 Å². The number of alkyl halides is 3. The molecule has 1 aromatic heterocycles. The first kappa shape index (κ1) is 21.1. The molecule has 25 heavy (non-hydrogen) atoms. The number of nitrogens with one attached hydrogen (secondary N) is 1. The van der Waals surface area contributed by atoms with E-state index in [0.29, 0.717) is 6.42 Å². The van der Waals surface area contributed by atoms with Crippen LogP contribution >= 0.6 is 57.9 Å². The molecule has 8 heteroatoms. The van der Waals surface area contributed by atoms with Gasteiger partial charge in [0.15, 0.2) is 4.34 Å². The number of rotatable bonds is 9. The van der Waals surface area contributed by atoms with Gasteiger partial charge in [0.2, 0.25) is 9.70 Å². The number of hydrogen-bond donors (Lipinski definition) is 1. The number of hydrogen-bond acceptors (Lipinski definition) is 4. The minimum atomic E-state index is -1.61. The van der Waals surface area contributed by atoms with E-state index in [2.05, 4.69) is 17.2 Å². The van der Waals surface area contributed by atoms with Crippen molar-refractivity contribution in [2.75, 3.05) is 0 Å². The molecule has 0 aliphatic carbocycles. The number of aromatic nitrogens is 1. The van der Waals surface area contributed by atoms with Crippen molar-refractivity contribution in [1.82, 2.24) is 10.3 Å². The Morgan fingerprint density at radius 1 is 1.24 bits per heavy atom. The number of fused-ring (bicyclic) bond motifs is 1. The summed E-state index contributed by atoms with van der Waals surface area (Å²) in [6, 6.07) is 7.83. The maximum Gasteiger partial charge on any atom is 0.221 e. The Morgan fingerprint density at radius 2 is 1.96 bits per heavy atom. The van der Waals surface area contributed by atoms with Crippen LogP contribution in [0.5, 0.6) is 0 Å². The number of amides is 1. The van der Waals surface area contributed by atoms with E-state index < -0.39 is 9.17 Å². The van der Waals surface area contributed by atoms with Crippen LogP contribution in [0.25, 0.3) is 10.2 Å². The maximum absolute atomic E-state index is 12.2. The lowest BCUT2D eigenvalue weighted by Crippen LogP contribution is -2.41. The van der Waals surface area contributed by atoms with Gasteiger partial charge in [-0.1, -0.05) is 91.3 Å². The molecule has 2 rings (SSSR count). The second-order valence-corrected chi connectivity index (χ2v) is 10.5. The van der Waals surface area contributed by atoms with Crippen LogP contribution in [0, 0.1) is 0 Å². The average Bonchev–Trinajstić information content (AvgIpc) is 2.95. The standard InChI is InChI=1S/C17H21Cl3N2OS2/c1-2-3-4-5-6-11-14(23)22-15(17(18,19)20)25-16-21-12-9-7-8-10-13(12)24-16/h7-10,15H,2-6,11H2,1H3,(H,22,23). The third-order valence-corrected chi connectivity index (χ3v) is 7.00. The molecule has 0 fully saturated rings. The molecule has 1 atom stereocenters. The SMILES string of the molecule is CCCCCCCC(=O)NC(Sc1nc2ccccc2s1)C(Cl)(Cl)Cl. The second-order valence-electron chi connectivity index (χ2n) is 5.72. The van der Waals surface area contributed by atoms with Crippen LogP contribution in [0.2, 0.25) is 0 Å². The third-order valence-electron chi connectivity index (χ3n) is 3.59. The number of carbonyl (C=O) groups is 1. The molecule has 0 radical (unpaired) electrons. The van der Waals surface area contributed by atoms with E-state index in [1.165, 1.54) is 35.9 Å². The van der Waals surface area contributed by atoms with Gasteiger partial charge in [-0.3, -0.25) is 4.79 Å². The number of para-hydroxylation sites is 1. The number of nitrogens with zero attached hydrogens (tertiary/aromatic N) is 1. The van der Waals surface area contributed by atoms with Crippen molar-refractivity contribution in [3.05, 3.63) is 24.3 Å². The van der Waals surface area contributed by atoms with Crippen molar-refractivity contribution < 1.29 is 4.79 Å². The van der Waals surface area contributed by atoms with E-state index >= 15 is 0 Å². The lowest BCUT2D eigenvalue weighted by atomic mass is 10.1. The lowest BCUT2D eigenvalue weighted by molar-refractivity contribution is -0.121. The quantitative estimate of drug-likeness (QED) is 0.208. The molecule has 0 saturated carbocycles. The smallest absolute Gasteiger partial charge is 0.221 e. The Bertz CT molecular complexity index is 655. The predicted octanol–water partition coefficient (Wildman–Crippen LogP) is 6.56. The largest absolute Gasteiger partial charge is 0.340 e. The van der Waals surface area contributed by atoms with Gasteiger partial charge in [-0.15, -0.1) is 11.3 Å². The van der Waals surface area contributed by atoms with Crippen molar-refractivity contribution in [3.8, 4) is 0 Å². The first-order chi connectivity index (χ1) is 11.9. The summed E-state index contributed by atoms with van der Waals surface area (Å²) < 4.78 is 0.219. The summed E-state index contributed by atoms with van der Waals surface area (Å²) in [5, 5.41) is 2.16. The molecule has 1 amide bonds. The normalized spacial score (nSPS) is 13.1. The van der Waals surface area contributed by atoms with Crippen LogP contribution in [0.15, 0.2) is 28.6 Å². The monoisotopic (exact) mass is 438 g/mol. The number of halogens is 3. The van der Waals surface area contributed by atoms with Gasteiger partial charge >= 0.3 is 0 Å². The maximum atomic E-state index is 12.2. The molecule has 1 aromatic carbocycles. The zero-order valence-electron chi connectivity index (χ0n) is 13.9. The topological polar surface area (TPSA) is 42.0 Å². The Morgan fingerprint density at radius 3 is 2.64 bits per heavy atom. The van der Waals surface area contributed by atoms with E-state index in [0.717, 1.165) is 33.8 Å². The van der Waals surface area contributed by atoms with Crippen LogP contribution in [-0.4, -0.2) is 20.1 Å². The van der Waals surface area contributed by atoms with Crippen molar-refractivity contribution in [2.45, 2.75) is 59.0 Å². The van der Waals surface area contributed by atoms with Crippen LogP contribution in [0.1, 0.15) is 45.4 Å².